The minimum absolute atomic E-state index is 0.280. The number of carbonyl (C=O) groups excluding carboxylic acids is 2. The molecule has 0 bridgehead atoms. The molecule has 0 unspecified atom stereocenters. The van der Waals surface area contributed by atoms with Crippen LogP contribution in [-0.2, 0) is 15.3 Å². The predicted octanol–water partition coefficient (Wildman–Crippen LogP) is 4.95. The first-order valence-electron chi connectivity index (χ1n) is 8.65. The molecule has 0 N–H and O–H groups in total. The maximum Gasteiger partial charge on any atom is 0.272 e. The van der Waals surface area contributed by atoms with Gasteiger partial charge in [-0.2, -0.15) is 0 Å². The lowest BCUT2D eigenvalue weighted by Crippen LogP contribution is -2.31. The zero-order valence-electron chi connectivity index (χ0n) is 15.0. The summed E-state index contributed by atoms with van der Waals surface area (Å²) in [4.78, 5) is 27.8. The van der Waals surface area contributed by atoms with Crippen LogP contribution in [-0.4, -0.2) is 11.8 Å². The Balaban J connectivity index is 1.74. The van der Waals surface area contributed by atoms with Crippen molar-refractivity contribution in [2.24, 2.45) is 0 Å². The molecule has 0 saturated heterocycles. The standard InChI is InChI=1S/C22H16FNO3S/c1-14-4-10-17(11-5-14)24-21(25)19(15-6-8-16(23)9-7-15)20(22(24)26)28-13-18-3-2-12-27-18/h2-12H,13H2,1H3. The van der Waals surface area contributed by atoms with Crippen LogP contribution in [0, 0.1) is 12.7 Å². The molecule has 0 atom stereocenters. The lowest BCUT2D eigenvalue weighted by Gasteiger charge is -2.15. The van der Waals surface area contributed by atoms with Gasteiger partial charge in [0.15, 0.2) is 0 Å². The number of benzene rings is 2. The molecule has 2 aromatic carbocycles. The Hall–Kier alpha value is -3.12. The third-order valence-electron chi connectivity index (χ3n) is 4.41. The van der Waals surface area contributed by atoms with Crippen molar-refractivity contribution in [1.29, 1.82) is 0 Å². The van der Waals surface area contributed by atoms with Gasteiger partial charge in [-0.3, -0.25) is 9.59 Å². The fourth-order valence-corrected chi connectivity index (χ4v) is 4.00. The second-order valence-corrected chi connectivity index (χ2v) is 7.35. The van der Waals surface area contributed by atoms with E-state index in [1.165, 1.54) is 40.9 Å². The highest BCUT2D eigenvalue weighted by Crippen LogP contribution is 2.39. The van der Waals surface area contributed by atoms with E-state index in [4.69, 9.17) is 4.42 Å². The van der Waals surface area contributed by atoms with Gasteiger partial charge in [-0.15, -0.1) is 11.8 Å². The van der Waals surface area contributed by atoms with Crippen LogP contribution in [0.4, 0.5) is 10.1 Å². The van der Waals surface area contributed by atoms with Crippen LogP contribution in [0.15, 0.2) is 76.2 Å². The molecule has 6 heteroatoms. The fourth-order valence-electron chi connectivity index (χ4n) is 2.98. The highest BCUT2D eigenvalue weighted by atomic mass is 32.2. The van der Waals surface area contributed by atoms with E-state index in [0.717, 1.165) is 5.56 Å². The summed E-state index contributed by atoms with van der Waals surface area (Å²) in [5, 5.41) is 0. The van der Waals surface area contributed by atoms with Gasteiger partial charge in [0.2, 0.25) is 0 Å². The number of thioether (sulfide) groups is 1. The number of furan rings is 1. The van der Waals surface area contributed by atoms with Crippen LogP contribution in [0.25, 0.3) is 5.57 Å². The number of rotatable bonds is 5. The maximum atomic E-state index is 13.4. The van der Waals surface area contributed by atoms with Crippen LogP contribution in [0.3, 0.4) is 0 Å². The Morgan fingerprint density at radius 2 is 1.68 bits per heavy atom. The smallest absolute Gasteiger partial charge is 0.272 e. The molecule has 4 nitrogen and oxygen atoms in total. The van der Waals surface area contributed by atoms with Gasteiger partial charge in [-0.25, -0.2) is 9.29 Å². The SMILES string of the molecule is Cc1ccc(N2C(=O)C(SCc3ccco3)=C(c3ccc(F)cc3)C2=O)cc1. The molecule has 0 radical (unpaired) electrons. The van der Waals surface area contributed by atoms with Gasteiger partial charge in [-0.1, -0.05) is 29.8 Å². The molecule has 28 heavy (non-hydrogen) atoms. The second kappa shape index (κ2) is 7.48. The van der Waals surface area contributed by atoms with Gasteiger partial charge < -0.3 is 4.42 Å². The monoisotopic (exact) mass is 393 g/mol. The minimum Gasteiger partial charge on any atom is -0.468 e. The van der Waals surface area contributed by atoms with Crippen molar-refractivity contribution in [2.45, 2.75) is 12.7 Å². The summed E-state index contributed by atoms with van der Waals surface area (Å²) in [6.45, 7) is 1.93. The number of aryl methyl sites for hydroxylation is 1. The quantitative estimate of drug-likeness (QED) is 0.576. The zero-order valence-corrected chi connectivity index (χ0v) is 15.8. The summed E-state index contributed by atoms with van der Waals surface area (Å²) in [7, 11) is 0. The molecule has 140 valence electrons. The lowest BCUT2D eigenvalue weighted by molar-refractivity contribution is -0.119. The number of carbonyl (C=O) groups is 2. The van der Waals surface area contributed by atoms with E-state index in [9.17, 15) is 14.0 Å². The van der Waals surface area contributed by atoms with E-state index < -0.39 is 11.7 Å². The zero-order chi connectivity index (χ0) is 19.7. The van der Waals surface area contributed by atoms with E-state index >= 15 is 0 Å². The average Bonchev–Trinajstić information content (AvgIpc) is 3.28. The Morgan fingerprint density at radius 1 is 0.964 bits per heavy atom. The van der Waals surface area contributed by atoms with Crippen molar-refractivity contribution in [3.63, 3.8) is 0 Å². The van der Waals surface area contributed by atoms with Crippen molar-refractivity contribution in [1.82, 2.24) is 0 Å². The molecule has 4 rings (SSSR count). The molecule has 1 aliphatic heterocycles. The molecule has 2 amide bonds. The Morgan fingerprint density at radius 3 is 2.32 bits per heavy atom. The van der Waals surface area contributed by atoms with E-state index in [0.29, 0.717) is 27.7 Å². The molecule has 0 saturated carbocycles. The molecule has 0 aliphatic carbocycles. The Kier molecular flexibility index (Phi) is 4.88. The van der Waals surface area contributed by atoms with Crippen molar-refractivity contribution in [3.05, 3.63) is 94.5 Å². The fraction of sp³-hybridized carbons (Fsp3) is 0.0909. The number of halogens is 1. The number of amides is 2. The second-order valence-electron chi connectivity index (χ2n) is 6.36. The molecule has 1 aromatic heterocycles. The van der Waals surface area contributed by atoms with Crippen LogP contribution in [0.2, 0.25) is 0 Å². The minimum atomic E-state index is -0.414. The summed E-state index contributed by atoms with van der Waals surface area (Å²) in [6.07, 6.45) is 1.56. The highest BCUT2D eigenvalue weighted by Gasteiger charge is 2.40. The van der Waals surface area contributed by atoms with Gasteiger partial charge in [-0.05, 0) is 48.9 Å². The number of imide groups is 1. The first-order chi connectivity index (χ1) is 13.5. The largest absolute Gasteiger partial charge is 0.468 e. The van der Waals surface area contributed by atoms with Crippen LogP contribution in [0.5, 0.6) is 0 Å². The van der Waals surface area contributed by atoms with Crippen LogP contribution >= 0.6 is 11.8 Å². The molecule has 1 aliphatic rings. The summed E-state index contributed by atoms with van der Waals surface area (Å²) in [5.41, 5.74) is 2.33. The van der Waals surface area contributed by atoms with Crippen molar-refractivity contribution < 1.29 is 18.4 Å². The van der Waals surface area contributed by atoms with Gasteiger partial charge >= 0.3 is 0 Å². The third kappa shape index (κ3) is 3.39. The maximum absolute atomic E-state index is 13.4. The lowest BCUT2D eigenvalue weighted by atomic mass is 10.1. The summed E-state index contributed by atoms with van der Waals surface area (Å²) >= 11 is 1.24. The topological polar surface area (TPSA) is 50.5 Å². The first-order valence-corrected chi connectivity index (χ1v) is 9.64. The van der Waals surface area contributed by atoms with E-state index in [2.05, 4.69) is 0 Å². The van der Waals surface area contributed by atoms with Crippen molar-refractivity contribution in [3.8, 4) is 0 Å². The predicted molar refractivity (Wildman–Crippen MR) is 107 cm³/mol. The average molecular weight is 393 g/mol. The third-order valence-corrected chi connectivity index (χ3v) is 5.50. The highest BCUT2D eigenvalue weighted by molar-refractivity contribution is 8.03. The van der Waals surface area contributed by atoms with Crippen molar-refractivity contribution >= 4 is 34.8 Å². The molecular formula is C22H16FNO3S. The molecule has 2 heterocycles. The van der Waals surface area contributed by atoms with E-state index in [1.807, 2.05) is 25.1 Å². The molecule has 3 aromatic rings. The van der Waals surface area contributed by atoms with Crippen LogP contribution < -0.4 is 4.90 Å². The van der Waals surface area contributed by atoms with Gasteiger partial charge in [0.1, 0.15) is 11.6 Å². The molecule has 0 spiro atoms. The number of nitrogens with zero attached hydrogens (tertiary/aromatic N) is 1. The van der Waals surface area contributed by atoms with Crippen molar-refractivity contribution in [2.75, 3.05) is 4.90 Å². The molecule has 0 fully saturated rings. The van der Waals surface area contributed by atoms with Crippen LogP contribution in [0.1, 0.15) is 16.9 Å². The van der Waals surface area contributed by atoms with Gasteiger partial charge in [0, 0.05) is 0 Å². The summed E-state index contributed by atoms with van der Waals surface area (Å²) in [5.74, 6) is -0.0909. The normalized spacial score (nSPS) is 14.3. The first kappa shape index (κ1) is 18.3. The number of hydrogen-bond acceptors (Lipinski definition) is 4. The number of anilines is 1. The van der Waals surface area contributed by atoms with E-state index in [1.54, 1.807) is 24.5 Å². The number of hydrogen-bond donors (Lipinski definition) is 0. The Labute approximate surface area is 165 Å². The molecular weight excluding hydrogens is 377 g/mol. The summed E-state index contributed by atoms with van der Waals surface area (Å²) in [6, 6.07) is 16.4. The van der Waals surface area contributed by atoms with Gasteiger partial charge in [0.05, 0.1) is 28.2 Å². The Bertz CT molecular complexity index is 1050. The van der Waals surface area contributed by atoms with E-state index in [-0.39, 0.29) is 11.5 Å². The van der Waals surface area contributed by atoms with Gasteiger partial charge in [0.25, 0.3) is 11.8 Å². The summed E-state index contributed by atoms with van der Waals surface area (Å²) < 4.78 is 18.7.